The first kappa shape index (κ1) is 21.6. The second-order valence-electron chi connectivity index (χ2n) is 8.16. The highest BCUT2D eigenvalue weighted by Crippen LogP contribution is 2.51. The Labute approximate surface area is 187 Å². The summed E-state index contributed by atoms with van der Waals surface area (Å²) in [6.45, 7) is 0.360. The molecule has 0 saturated heterocycles. The molecule has 1 spiro atoms. The van der Waals surface area contributed by atoms with E-state index in [2.05, 4.69) is 5.32 Å². The van der Waals surface area contributed by atoms with E-state index in [4.69, 9.17) is 9.47 Å². The molecule has 1 aliphatic carbocycles. The van der Waals surface area contributed by atoms with Gasteiger partial charge in [0.1, 0.15) is 24.3 Å². The van der Waals surface area contributed by atoms with Gasteiger partial charge in [0, 0.05) is 28.2 Å². The number of halogens is 3. The van der Waals surface area contributed by atoms with E-state index in [-0.39, 0.29) is 29.8 Å². The Morgan fingerprint density at radius 2 is 2.00 bits per heavy atom. The lowest BCUT2D eigenvalue weighted by molar-refractivity contribution is -0.0212. The van der Waals surface area contributed by atoms with Crippen LogP contribution in [0.1, 0.15) is 30.4 Å². The van der Waals surface area contributed by atoms with Crippen molar-refractivity contribution in [3.8, 4) is 11.5 Å². The molecule has 0 aromatic heterocycles. The molecular formula is C22H24F2INO4. The SMILES string of the molecule is COc1cc2c(c(Cc3ccc(I)cc3F)c1F)NCC1(CC1)CC(O)C(O)CO2. The fourth-order valence-corrected chi connectivity index (χ4v) is 4.36. The summed E-state index contributed by atoms with van der Waals surface area (Å²) < 4.78 is 41.5. The largest absolute Gasteiger partial charge is 0.494 e. The Hall–Kier alpha value is -1.65. The van der Waals surface area contributed by atoms with Crippen LogP contribution in [0.15, 0.2) is 24.3 Å². The fourth-order valence-electron chi connectivity index (χ4n) is 3.91. The summed E-state index contributed by atoms with van der Waals surface area (Å²) in [7, 11) is 1.35. The summed E-state index contributed by atoms with van der Waals surface area (Å²) >= 11 is 2.03. The number of benzene rings is 2. The van der Waals surface area contributed by atoms with Crippen LogP contribution in [-0.2, 0) is 6.42 Å². The molecule has 0 radical (unpaired) electrons. The monoisotopic (exact) mass is 531 g/mol. The normalized spacial score (nSPS) is 22.6. The fraction of sp³-hybridized carbons (Fsp3) is 0.455. The summed E-state index contributed by atoms with van der Waals surface area (Å²) in [4.78, 5) is 0. The minimum Gasteiger partial charge on any atom is -0.494 e. The number of aliphatic hydroxyl groups is 2. The Kier molecular flexibility index (Phi) is 6.09. The summed E-state index contributed by atoms with van der Waals surface area (Å²) in [5.74, 6) is -0.702. The highest BCUT2D eigenvalue weighted by atomic mass is 127. The number of ether oxygens (including phenoxy) is 2. The van der Waals surface area contributed by atoms with E-state index in [1.54, 1.807) is 12.1 Å². The molecule has 5 nitrogen and oxygen atoms in total. The molecule has 2 aromatic carbocycles. The molecule has 4 rings (SSSR count). The predicted molar refractivity (Wildman–Crippen MR) is 117 cm³/mol. The summed E-state index contributed by atoms with van der Waals surface area (Å²) in [5.41, 5.74) is 0.897. The van der Waals surface area contributed by atoms with Crippen molar-refractivity contribution in [3.05, 3.63) is 50.6 Å². The molecule has 1 aliphatic heterocycles. The minimum absolute atomic E-state index is 0.0165. The molecule has 1 heterocycles. The minimum atomic E-state index is -1.05. The Bertz CT molecular complexity index is 951. The Morgan fingerprint density at radius 1 is 1.23 bits per heavy atom. The molecule has 1 fully saturated rings. The first-order valence-electron chi connectivity index (χ1n) is 9.88. The molecule has 162 valence electrons. The van der Waals surface area contributed by atoms with Crippen LogP contribution in [0.3, 0.4) is 0 Å². The zero-order valence-corrected chi connectivity index (χ0v) is 18.7. The van der Waals surface area contributed by atoms with Gasteiger partial charge in [0.05, 0.1) is 18.9 Å². The van der Waals surface area contributed by atoms with Gasteiger partial charge in [-0.05, 0) is 65.0 Å². The predicted octanol–water partition coefficient (Wildman–Crippen LogP) is 3.87. The Morgan fingerprint density at radius 3 is 2.67 bits per heavy atom. The maximum Gasteiger partial charge on any atom is 0.170 e. The number of aliphatic hydroxyl groups excluding tert-OH is 2. The average Bonchev–Trinajstić information content (AvgIpc) is 3.47. The van der Waals surface area contributed by atoms with Crippen LogP contribution in [0.5, 0.6) is 11.5 Å². The first-order valence-corrected chi connectivity index (χ1v) is 11.0. The molecule has 1 saturated carbocycles. The van der Waals surface area contributed by atoms with Crippen LogP contribution >= 0.6 is 22.6 Å². The molecule has 3 N–H and O–H groups in total. The van der Waals surface area contributed by atoms with Gasteiger partial charge in [-0.2, -0.15) is 0 Å². The molecule has 0 bridgehead atoms. The van der Waals surface area contributed by atoms with Crippen LogP contribution < -0.4 is 14.8 Å². The van der Waals surface area contributed by atoms with Gasteiger partial charge in [0.15, 0.2) is 11.6 Å². The lowest BCUT2D eigenvalue weighted by Crippen LogP contribution is -2.36. The standard InChI is InChI=1S/C22H24F2INO4/c1-29-18-8-19-21(14(20(18)24)6-12-2-3-13(25)7-15(12)23)26-11-22(4-5-22)9-16(27)17(28)10-30-19/h2-3,7-8,16-17,26-28H,4-6,9-11H2,1H3. The number of hydrogen-bond acceptors (Lipinski definition) is 5. The van der Waals surface area contributed by atoms with Gasteiger partial charge >= 0.3 is 0 Å². The van der Waals surface area contributed by atoms with E-state index in [0.717, 1.165) is 16.4 Å². The van der Waals surface area contributed by atoms with Crippen molar-refractivity contribution in [1.29, 1.82) is 0 Å². The van der Waals surface area contributed by atoms with Gasteiger partial charge in [-0.3, -0.25) is 0 Å². The van der Waals surface area contributed by atoms with E-state index in [9.17, 15) is 14.6 Å². The van der Waals surface area contributed by atoms with Crippen molar-refractivity contribution in [2.24, 2.45) is 5.41 Å². The van der Waals surface area contributed by atoms with Gasteiger partial charge in [0.2, 0.25) is 0 Å². The van der Waals surface area contributed by atoms with E-state index >= 15 is 4.39 Å². The second kappa shape index (κ2) is 8.47. The van der Waals surface area contributed by atoms with Crippen molar-refractivity contribution in [1.82, 2.24) is 0 Å². The van der Waals surface area contributed by atoms with Crippen molar-refractivity contribution < 1.29 is 28.5 Å². The topological polar surface area (TPSA) is 71.0 Å². The molecule has 8 heteroatoms. The van der Waals surface area contributed by atoms with Gasteiger partial charge in [-0.1, -0.05) is 6.07 Å². The second-order valence-corrected chi connectivity index (χ2v) is 9.41. The number of anilines is 1. The van der Waals surface area contributed by atoms with Gasteiger partial charge in [0.25, 0.3) is 0 Å². The van der Waals surface area contributed by atoms with Crippen LogP contribution in [0.2, 0.25) is 0 Å². The average molecular weight is 531 g/mol. The molecule has 2 unspecified atom stereocenters. The van der Waals surface area contributed by atoms with Crippen molar-refractivity contribution in [2.45, 2.75) is 37.9 Å². The molecule has 2 aromatic rings. The third-order valence-corrected chi connectivity index (χ3v) is 6.66. The first-order chi connectivity index (χ1) is 14.3. The maximum absolute atomic E-state index is 15.3. The summed E-state index contributed by atoms with van der Waals surface area (Å²) in [6.07, 6.45) is 0.349. The summed E-state index contributed by atoms with van der Waals surface area (Å²) in [6, 6.07) is 6.25. The van der Waals surface area contributed by atoms with Crippen molar-refractivity contribution >= 4 is 28.3 Å². The third kappa shape index (κ3) is 4.36. The van der Waals surface area contributed by atoms with Crippen LogP contribution in [-0.4, -0.2) is 42.7 Å². The van der Waals surface area contributed by atoms with Crippen LogP contribution in [0, 0.1) is 20.6 Å². The molecule has 2 aliphatic rings. The molecule has 2 atom stereocenters. The smallest absolute Gasteiger partial charge is 0.170 e. The van der Waals surface area contributed by atoms with Crippen LogP contribution in [0.4, 0.5) is 14.5 Å². The maximum atomic E-state index is 15.3. The number of methoxy groups -OCH3 is 1. The van der Waals surface area contributed by atoms with E-state index in [1.807, 2.05) is 22.6 Å². The lowest BCUT2D eigenvalue weighted by atomic mass is 9.94. The Balaban J connectivity index is 1.77. The van der Waals surface area contributed by atoms with E-state index < -0.39 is 23.8 Å². The number of fused-ring (bicyclic) bond motifs is 1. The lowest BCUT2D eigenvalue weighted by Gasteiger charge is -2.28. The number of nitrogens with one attached hydrogen (secondary N) is 1. The third-order valence-electron chi connectivity index (χ3n) is 5.99. The van der Waals surface area contributed by atoms with Crippen molar-refractivity contribution in [3.63, 3.8) is 0 Å². The molecule has 30 heavy (non-hydrogen) atoms. The van der Waals surface area contributed by atoms with E-state index in [1.165, 1.54) is 19.2 Å². The number of rotatable bonds is 3. The highest BCUT2D eigenvalue weighted by molar-refractivity contribution is 14.1. The summed E-state index contributed by atoms with van der Waals surface area (Å²) in [5, 5.41) is 23.9. The number of hydrogen-bond donors (Lipinski definition) is 3. The zero-order valence-electron chi connectivity index (χ0n) is 16.6. The zero-order chi connectivity index (χ0) is 21.5. The van der Waals surface area contributed by atoms with E-state index in [0.29, 0.717) is 30.0 Å². The quantitative estimate of drug-likeness (QED) is 0.525. The van der Waals surface area contributed by atoms with Gasteiger partial charge < -0.3 is 25.0 Å². The van der Waals surface area contributed by atoms with Crippen molar-refractivity contribution in [2.75, 3.05) is 25.6 Å². The highest BCUT2D eigenvalue weighted by Gasteiger charge is 2.45. The molecular weight excluding hydrogens is 507 g/mol. The van der Waals surface area contributed by atoms with Gasteiger partial charge in [-0.15, -0.1) is 0 Å². The molecule has 0 amide bonds. The van der Waals surface area contributed by atoms with Gasteiger partial charge in [-0.25, -0.2) is 8.78 Å². The van der Waals surface area contributed by atoms with Crippen LogP contribution in [0.25, 0.3) is 0 Å².